The van der Waals surface area contributed by atoms with Crippen LogP contribution in [0.5, 0.6) is 0 Å². The lowest BCUT2D eigenvalue weighted by atomic mass is 9.90. The third kappa shape index (κ3) is 2.95. The number of likely N-dealkylation sites (tertiary alicyclic amines) is 1. The molecule has 5 nitrogen and oxygen atoms in total. The van der Waals surface area contributed by atoms with Gasteiger partial charge in [0.25, 0.3) is 0 Å². The van der Waals surface area contributed by atoms with Crippen LogP contribution in [0.4, 0.5) is 5.13 Å². The van der Waals surface area contributed by atoms with Crippen LogP contribution in [-0.2, 0) is 11.2 Å². The van der Waals surface area contributed by atoms with Gasteiger partial charge in [0.2, 0.25) is 11.0 Å². The fourth-order valence-corrected chi connectivity index (χ4v) is 4.18. The molecule has 1 aliphatic heterocycles. The lowest BCUT2D eigenvalue weighted by Crippen LogP contribution is -2.30. The summed E-state index contributed by atoms with van der Waals surface area (Å²) in [5.74, 6) is 1.82. The Morgan fingerprint density at radius 1 is 1.30 bits per heavy atom. The van der Waals surface area contributed by atoms with E-state index >= 15 is 0 Å². The van der Waals surface area contributed by atoms with Gasteiger partial charge in [0, 0.05) is 20.1 Å². The smallest absolute Gasteiger partial charge is 0.229 e. The highest BCUT2D eigenvalue weighted by Crippen LogP contribution is 2.36. The second-order valence-corrected chi connectivity index (χ2v) is 6.92. The molecule has 1 N–H and O–H groups in total. The minimum Gasteiger partial charge on any atom is -0.363 e. The Balaban J connectivity index is 1.53. The fourth-order valence-electron chi connectivity index (χ4n) is 3.49. The maximum Gasteiger partial charge on any atom is 0.229 e. The van der Waals surface area contributed by atoms with Crippen LogP contribution in [0.2, 0.25) is 0 Å². The molecule has 1 amide bonds. The molecule has 110 valence electrons. The van der Waals surface area contributed by atoms with E-state index in [9.17, 15) is 4.79 Å². The Morgan fingerprint density at radius 2 is 2.10 bits per heavy atom. The monoisotopic (exact) mass is 294 g/mol. The van der Waals surface area contributed by atoms with Crippen molar-refractivity contribution in [3.63, 3.8) is 0 Å². The van der Waals surface area contributed by atoms with E-state index in [-0.39, 0.29) is 5.91 Å². The predicted octanol–water partition coefficient (Wildman–Crippen LogP) is 2.16. The Hall–Kier alpha value is -1.17. The molecule has 6 heteroatoms. The average Bonchev–Trinajstić information content (AvgIpc) is 3.19. The molecule has 0 radical (unpaired) electrons. The van der Waals surface area contributed by atoms with Crippen LogP contribution in [0.1, 0.15) is 37.1 Å². The van der Waals surface area contributed by atoms with Crippen LogP contribution in [0, 0.1) is 11.8 Å². The summed E-state index contributed by atoms with van der Waals surface area (Å²) in [7, 11) is 1.82. The van der Waals surface area contributed by atoms with E-state index in [1.165, 1.54) is 43.4 Å². The second-order valence-electron chi connectivity index (χ2n) is 5.86. The summed E-state index contributed by atoms with van der Waals surface area (Å²) in [5.41, 5.74) is 0. The van der Waals surface area contributed by atoms with Crippen molar-refractivity contribution in [2.45, 2.75) is 38.5 Å². The van der Waals surface area contributed by atoms with Gasteiger partial charge in [-0.3, -0.25) is 4.79 Å². The normalized spacial score (nSPS) is 23.4. The molecule has 20 heavy (non-hydrogen) atoms. The maximum atomic E-state index is 12.3. The van der Waals surface area contributed by atoms with Gasteiger partial charge in [-0.15, -0.1) is 10.2 Å². The van der Waals surface area contributed by atoms with Crippen molar-refractivity contribution in [1.29, 1.82) is 0 Å². The van der Waals surface area contributed by atoms with Gasteiger partial charge >= 0.3 is 0 Å². The summed E-state index contributed by atoms with van der Waals surface area (Å²) >= 11 is 1.47. The molecular weight excluding hydrogens is 272 g/mol. The molecule has 1 atom stereocenters. The number of nitrogens with zero attached hydrogens (tertiary/aromatic N) is 3. The number of aromatic nitrogens is 2. The number of nitrogens with one attached hydrogen (secondary N) is 1. The largest absolute Gasteiger partial charge is 0.363 e. The number of hydrogen-bond donors (Lipinski definition) is 1. The zero-order chi connectivity index (χ0) is 13.9. The summed E-state index contributed by atoms with van der Waals surface area (Å²) in [6.45, 7) is 1.89. The van der Waals surface area contributed by atoms with Crippen LogP contribution in [-0.4, -0.2) is 41.1 Å². The van der Waals surface area contributed by atoms with Crippen LogP contribution in [0.25, 0.3) is 0 Å². The van der Waals surface area contributed by atoms with E-state index in [1.807, 2.05) is 11.9 Å². The SMILES string of the molecule is CNc1nnc(CC(=O)N2CCC(C3CCCC3)C2)s1. The molecule has 1 aromatic rings. The first-order chi connectivity index (χ1) is 9.76. The Labute approximate surface area is 123 Å². The van der Waals surface area contributed by atoms with Gasteiger partial charge in [0.05, 0.1) is 6.42 Å². The first-order valence-corrected chi connectivity index (χ1v) is 8.36. The number of rotatable bonds is 4. The van der Waals surface area contributed by atoms with Gasteiger partial charge in [-0.1, -0.05) is 37.0 Å². The molecule has 0 aromatic carbocycles. The van der Waals surface area contributed by atoms with E-state index in [2.05, 4.69) is 15.5 Å². The molecule has 1 unspecified atom stereocenters. The number of carbonyl (C=O) groups excluding carboxylic acids is 1. The van der Waals surface area contributed by atoms with Gasteiger partial charge in [-0.25, -0.2) is 0 Å². The van der Waals surface area contributed by atoms with Crippen LogP contribution >= 0.6 is 11.3 Å². The van der Waals surface area contributed by atoms with Crippen molar-refractivity contribution in [3.05, 3.63) is 5.01 Å². The summed E-state index contributed by atoms with van der Waals surface area (Å²) < 4.78 is 0. The van der Waals surface area contributed by atoms with Crippen LogP contribution in [0.15, 0.2) is 0 Å². The van der Waals surface area contributed by atoms with Gasteiger partial charge in [-0.2, -0.15) is 0 Å². The number of carbonyl (C=O) groups is 1. The van der Waals surface area contributed by atoms with Crippen molar-refractivity contribution in [3.8, 4) is 0 Å². The van der Waals surface area contributed by atoms with E-state index in [4.69, 9.17) is 0 Å². The number of amides is 1. The zero-order valence-corrected chi connectivity index (χ0v) is 12.8. The topological polar surface area (TPSA) is 58.1 Å². The molecule has 2 heterocycles. The Bertz CT molecular complexity index is 469. The average molecular weight is 294 g/mol. The van der Waals surface area contributed by atoms with E-state index in [1.54, 1.807) is 0 Å². The summed E-state index contributed by atoms with van der Waals surface area (Å²) in [4.78, 5) is 14.3. The molecular formula is C14H22N4OS. The van der Waals surface area contributed by atoms with Crippen molar-refractivity contribution in [2.75, 3.05) is 25.5 Å². The lowest BCUT2D eigenvalue weighted by Gasteiger charge is -2.19. The third-order valence-electron chi connectivity index (χ3n) is 4.63. The first kappa shape index (κ1) is 13.8. The Morgan fingerprint density at radius 3 is 2.80 bits per heavy atom. The summed E-state index contributed by atoms with van der Waals surface area (Å²) in [6.07, 6.45) is 7.09. The molecule has 0 bridgehead atoms. The van der Waals surface area contributed by atoms with E-state index < -0.39 is 0 Å². The quantitative estimate of drug-likeness (QED) is 0.924. The minimum absolute atomic E-state index is 0.212. The Kier molecular flexibility index (Phi) is 4.19. The molecule has 1 saturated heterocycles. The van der Waals surface area contributed by atoms with Crippen molar-refractivity contribution < 1.29 is 4.79 Å². The third-order valence-corrected chi connectivity index (χ3v) is 5.57. The number of anilines is 1. The minimum atomic E-state index is 0.212. The van der Waals surface area contributed by atoms with Crippen molar-refractivity contribution in [2.24, 2.45) is 11.8 Å². The highest BCUT2D eigenvalue weighted by atomic mass is 32.1. The summed E-state index contributed by atoms with van der Waals surface area (Å²) in [5, 5.41) is 12.6. The van der Waals surface area contributed by atoms with Crippen LogP contribution < -0.4 is 5.32 Å². The molecule has 3 rings (SSSR count). The molecule has 1 saturated carbocycles. The zero-order valence-electron chi connectivity index (χ0n) is 12.0. The molecule has 0 spiro atoms. The number of hydrogen-bond acceptors (Lipinski definition) is 5. The molecule has 2 fully saturated rings. The molecule has 1 aliphatic carbocycles. The fraction of sp³-hybridized carbons (Fsp3) is 0.786. The molecule has 2 aliphatic rings. The van der Waals surface area contributed by atoms with Gasteiger partial charge in [-0.05, 0) is 18.3 Å². The van der Waals surface area contributed by atoms with E-state index in [0.717, 1.165) is 35.1 Å². The predicted molar refractivity (Wildman–Crippen MR) is 79.8 cm³/mol. The van der Waals surface area contributed by atoms with Gasteiger partial charge < -0.3 is 10.2 Å². The van der Waals surface area contributed by atoms with Gasteiger partial charge in [0.1, 0.15) is 5.01 Å². The van der Waals surface area contributed by atoms with Gasteiger partial charge in [0.15, 0.2) is 0 Å². The van der Waals surface area contributed by atoms with Crippen molar-refractivity contribution >= 4 is 22.4 Å². The standard InChI is InChI=1S/C14H22N4OS/c1-15-14-17-16-12(20-14)8-13(19)18-7-6-11(9-18)10-4-2-3-5-10/h10-11H,2-9H2,1H3,(H,15,17). The highest BCUT2D eigenvalue weighted by Gasteiger charge is 2.33. The van der Waals surface area contributed by atoms with E-state index in [0.29, 0.717) is 6.42 Å². The molecule has 1 aromatic heterocycles. The van der Waals surface area contributed by atoms with Crippen molar-refractivity contribution in [1.82, 2.24) is 15.1 Å². The highest BCUT2D eigenvalue weighted by molar-refractivity contribution is 7.15. The first-order valence-electron chi connectivity index (χ1n) is 7.54. The van der Waals surface area contributed by atoms with Crippen LogP contribution in [0.3, 0.4) is 0 Å². The summed E-state index contributed by atoms with van der Waals surface area (Å²) in [6, 6.07) is 0. The lowest BCUT2D eigenvalue weighted by molar-refractivity contribution is -0.129. The second kappa shape index (κ2) is 6.08. The maximum absolute atomic E-state index is 12.3.